The number of anilines is 1. The molecule has 0 heterocycles. The minimum atomic E-state index is 1.07. The van der Waals surface area contributed by atoms with Gasteiger partial charge in [-0.05, 0) is 38.3 Å². The third kappa shape index (κ3) is 4.70. The molecule has 0 fully saturated rings. The number of nitrogens with one attached hydrogen (secondary N) is 1. The van der Waals surface area contributed by atoms with Crippen LogP contribution in [0.5, 0.6) is 0 Å². The van der Waals surface area contributed by atoms with Crippen molar-refractivity contribution in [2.24, 2.45) is 0 Å². The molecule has 0 radical (unpaired) electrons. The molecule has 0 aliphatic carbocycles. The van der Waals surface area contributed by atoms with Gasteiger partial charge in [-0.3, -0.25) is 0 Å². The summed E-state index contributed by atoms with van der Waals surface area (Å²) in [6.45, 7) is 3.14. The van der Waals surface area contributed by atoms with E-state index in [0.29, 0.717) is 0 Å². The fourth-order valence-corrected chi connectivity index (χ4v) is 1.34. The molecule has 0 aliphatic heterocycles. The number of benzene rings is 1. The maximum atomic E-state index is 3.40. The molecule has 0 aromatic heterocycles. The predicted molar refractivity (Wildman–Crippen MR) is 63.6 cm³/mol. The minimum absolute atomic E-state index is 1.07. The van der Waals surface area contributed by atoms with Gasteiger partial charge < -0.3 is 5.32 Å². The van der Waals surface area contributed by atoms with E-state index in [1.807, 2.05) is 6.07 Å². The second kappa shape index (κ2) is 7.19. The summed E-state index contributed by atoms with van der Waals surface area (Å²) in [7, 11) is 0. The van der Waals surface area contributed by atoms with Gasteiger partial charge in [0.1, 0.15) is 0 Å². The summed E-state index contributed by atoms with van der Waals surface area (Å²) < 4.78 is 0. The highest BCUT2D eigenvalue weighted by atomic mass is 14.9. The normalized spacial score (nSPS) is 10.6. The van der Waals surface area contributed by atoms with Crippen LogP contribution in [0.15, 0.2) is 42.5 Å². The molecule has 0 spiro atoms. The van der Waals surface area contributed by atoms with E-state index in [9.17, 15) is 0 Å². The summed E-state index contributed by atoms with van der Waals surface area (Å²) in [5.41, 5.74) is 1.22. The number of rotatable bonds is 6. The van der Waals surface area contributed by atoms with Gasteiger partial charge in [0.25, 0.3) is 0 Å². The summed E-state index contributed by atoms with van der Waals surface area (Å²) in [6.07, 6.45) is 8.05. The summed E-state index contributed by atoms with van der Waals surface area (Å²) in [4.78, 5) is 0. The first kappa shape index (κ1) is 10.8. The largest absolute Gasteiger partial charge is 0.385 e. The van der Waals surface area contributed by atoms with E-state index in [1.54, 1.807) is 0 Å². The van der Waals surface area contributed by atoms with Crippen molar-refractivity contribution >= 4 is 5.69 Å². The first-order valence-corrected chi connectivity index (χ1v) is 5.33. The number of hydrogen-bond acceptors (Lipinski definition) is 1. The van der Waals surface area contributed by atoms with Crippen LogP contribution in [0.2, 0.25) is 0 Å². The lowest BCUT2D eigenvalue weighted by molar-refractivity contribution is 0.778. The minimum Gasteiger partial charge on any atom is -0.385 e. The molecular formula is C13H19N. The lowest BCUT2D eigenvalue weighted by Crippen LogP contribution is -2.00. The summed E-state index contributed by atoms with van der Waals surface area (Å²) >= 11 is 0. The lowest BCUT2D eigenvalue weighted by atomic mass is 10.2. The van der Waals surface area contributed by atoms with E-state index < -0.39 is 0 Å². The summed E-state index contributed by atoms with van der Waals surface area (Å²) in [5.74, 6) is 0. The van der Waals surface area contributed by atoms with Gasteiger partial charge in [0.05, 0.1) is 0 Å². The molecule has 0 aliphatic rings. The van der Waals surface area contributed by atoms with Crippen LogP contribution < -0.4 is 5.32 Å². The highest BCUT2D eigenvalue weighted by molar-refractivity contribution is 5.42. The van der Waals surface area contributed by atoms with Crippen LogP contribution in [0.1, 0.15) is 26.2 Å². The lowest BCUT2D eigenvalue weighted by Gasteiger charge is -2.04. The Morgan fingerprint density at radius 3 is 2.64 bits per heavy atom. The number of hydrogen-bond donors (Lipinski definition) is 1. The predicted octanol–water partition coefficient (Wildman–Crippen LogP) is 3.84. The van der Waals surface area contributed by atoms with Crippen molar-refractivity contribution in [1.29, 1.82) is 0 Å². The molecule has 1 N–H and O–H groups in total. The van der Waals surface area contributed by atoms with Gasteiger partial charge in [-0.15, -0.1) is 0 Å². The highest BCUT2D eigenvalue weighted by Gasteiger charge is 1.88. The van der Waals surface area contributed by atoms with Crippen LogP contribution in [-0.2, 0) is 0 Å². The van der Waals surface area contributed by atoms with E-state index in [0.717, 1.165) is 6.54 Å². The molecule has 1 aromatic rings. The molecular weight excluding hydrogens is 170 g/mol. The standard InChI is InChI=1S/C13H19N/c1-2-3-4-5-9-12-14-13-10-7-6-8-11-13/h2-3,6-8,10-11,14H,4-5,9,12H2,1H3/b3-2+. The summed E-state index contributed by atoms with van der Waals surface area (Å²) in [5, 5.41) is 3.40. The second-order valence-corrected chi connectivity index (χ2v) is 3.36. The van der Waals surface area contributed by atoms with E-state index in [2.05, 4.69) is 48.7 Å². The Balaban J connectivity index is 2.05. The van der Waals surface area contributed by atoms with Crippen LogP contribution in [0.3, 0.4) is 0 Å². The van der Waals surface area contributed by atoms with Crippen molar-refractivity contribution in [3.05, 3.63) is 42.5 Å². The number of para-hydroxylation sites is 1. The van der Waals surface area contributed by atoms with Crippen LogP contribution in [0.25, 0.3) is 0 Å². The molecule has 1 nitrogen and oxygen atoms in total. The zero-order valence-corrected chi connectivity index (χ0v) is 8.87. The third-order valence-corrected chi connectivity index (χ3v) is 2.14. The quantitative estimate of drug-likeness (QED) is 0.529. The van der Waals surface area contributed by atoms with Gasteiger partial charge in [0, 0.05) is 12.2 Å². The van der Waals surface area contributed by atoms with Gasteiger partial charge in [-0.2, -0.15) is 0 Å². The highest BCUT2D eigenvalue weighted by Crippen LogP contribution is 2.05. The Morgan fingerprint density at radius 2 is 1.93 bits per heavy atom. The van der Waals surface area contributed by atoms with E-state index in [4.69, 9.17) is 0 Å². The van der Waals surface area contributed by atoms with Crippen LogP contribution >= 0.6 is 0 Å². The Labute approximate surface area is 86.8 Å². The monoisotopic (exact) mass is 189 g/mol. The smallest absolute Gasteiger partial charge is 0.0340 e. The average Bonchev–Trinajstić information content (AvgIpc) is 2.25. The molecule has 1 aromatic carbocycles. The van der Waals surface area contributed by atoms with Gasteiger partial charge in [0.2, 0.25) is 0 Å². The fourth-order valence-electron chi connectivity index (χ4n) is 1.34. The Morgan fingerprint density at radius 1 is 1.14 bits per heavy atom. The van der Waals surface area contributed by atoms with E-state index >= 15 is 0 Å². The fraction of sp³-hybridized carbons (Fsp3) is 0.385. The summed E-state index contributed by atoms with van der Waals surface area (Å²) in [6, 6.07) is 10.4. The van der Waals surface area contributed by atoms with Gasteiger partial charge >= 0.3 is 0 Å². The average molecular weight is 189 g/mol. The van der Waals surface area contributed by atoms with Crippen molar-refractivity contribution in [2.45, 2.75) is 26.2 Å². The van der Waals surface area contributed by atoms with Crippen LogP contribution in [0.4, 0.5) is 5.69 Å². The van der Waals surface area contributed by atoms with Crippen molar-refractivity contribution in [3.63, 3.8) is 0 Å². The van der Waals surface area contributed by atoms with E-state index in [-0.39, 0.29) is 0 Å². The first-order valence-electron chi connectivity index (χ1n) is 5.33. The molecule has 14 heavy (non-hydrogen) atoms. The maximum absolute atomic E-state index is 3.40. The molecule has 76 valence electrons. The first-order chi connectivity index (χ1) is 6.93. The van der Waals surface area contributed by atoms with Crippen LogP contribution in [0, 0.1) is 0 Å². The third-order valence-electron chi connectivity index (χ3n) is 2.14. The molecule has 0 bridgehead atoms. The van der Waals surface area contributed by atoms with Gasteiger partial charge in [-0.25, -0.2) is 0 Å². The van der Waals surface area contributed by atoms with Gasteiger partial charge in [0.15, 0.2) is 0 Å². The zero-order valence-electron chi connectivity index (χ0n) is 8.87. The van der Waals surface area contributed by atoms with Crippen molar-refractivity contribution in [3.8, 4) is 0 Å². The number of unbranched alkanes of at least 4 members (excludes halogenated alkanes) is 2. The Kier molecular flexibility index (Phi) is 5.57. The molecule has 0 saturated heterocycles. The van der Waals surface area contributed by atoms with E-state index in [1.165, 1.54) is 24.9 Å². The van der Waals surface area contributed by atoms with Crippen molar-refractivity contribution in [1.82, 2.24) is 0 Å². The Bertz CT molecular complexity index is 251. The maximum Gasteiger partial charge on any atom is 0.0340 e. The molecule has 0 saturated carbocycles. The number of allylic oxidation sites excluding steroid dienone is 2. The Hall–Kier alpha value is -1.24. The second-order valence-electron chi connectivity index (χ2n) is 3.36. The van der Waals surface area contributed by atoms with Crippen molar-refractivity contribution < 1.29 is 0 Å². The SMILES string of the molecule is C/C=C/CCCCNc1ccccc1. The molecule has 0 atom stereocenters. The molecule has 1 rings (SSSR count). The topological polar surface area (TPSA) is 12.0 Å². The zero-order chi connectivity index (χ0) is 10.1. The molecule has 1 heteroatoms. The molecule has 0 amide bonds. The van der Waals surface area contributed by atoms with Crippen LogP contribution in [-0.4, -0.2) is 6.54 Å². The molecule has 0 unspecified atom stereocenters. The van der Waals surface area contributed by atoms with Crippen molar-refractivity contribution in [2.75, 3.05) is 11.9 Å². The van der Waals surface area contributed by atoms with Gasteiger partial charge in [-0.1, -0.05) is 30.4 Å².